The highest BCUT2D eigenvalue weighted by molar-refractivity contribution is 5.79. The van der Waals surface area contributed by atoms with Gasteiger partial charge in [-0.1, -0.05) is 36.8 Å². The molecule has 8 heteroatoms. The molecular weight excluding hydrogens is 414 g/mol. The summed E-state index contributed by atoms with van der Waals surface area (Å²) in [7, 11) is 0. The summed E-state index contributed by atoms with van der Waals surface area (Å²) in [5.74, 6) is 1.92. The number of rotatable bonds is 6. The summed E-state index contributed by atoms with van der Waals surface area (Å²) in [4.78, 5) is 17.5. The minimum absolute atomic E-state index is 0.0820. The third-order valence-corrected chi connectivity index (χ3v) is 7.11. The number of nitrogens with one attached hydrogen (secondary N) is 1. The maximum absolute atomic E-state index is 12.7. The van der Waals surface area contributed by atoms with Gasteiger partial charge in [0.15, 0.2) is 11.5 Å². The fourth-order valence-electron chi connectivity index (χ4n) is 5.04. The van der Waals surface area contributed by atoms with E-state index in [-0.39, 0.29) is 11.8 Å². The van der Waals surface area contributed by atoms with Crippen molar-refractivity contribution in [2.24, 2.45) is 5.92 Å². The van der Waals surface area contributed by atoms with Crippen molar-refractivity contribution in [3.8, 4) is 11.4 Å². The van der Waals surface area contributed by atoms with Crippen LogP contribution in [0, 0.1) is 5.92 Å². The minimum Gasteiger partial charge on any atom is -0.355 e. The van der Waals surface area contributed by atoms with Gasteiger partial charge in [0.25, 0.3) is 0 Å². The molecule has 1 aromatic carbocycles. The first-order valence-electron chi connectivity index (χ1n) is 12.2. The molecule has 2 aliphatic rings. The maximum Gasteiger partial charge on any atom is 0.223 e. The second-order valence-electron chi connectivity index (χ2n) is 9.28. The van der Waals surface area contributed by atoms with Crippen molar-refractivity contribution in [3.63, 3.8) is 0 Å². The molecule has 0 bridgehead atoms. The lowest BCUT2D eigenvalue weighted by atomic mass is 9.96. The summed E-state index contributed by atoms with van der Waals surface area (Å²) in [6.07, 6.45) is 5.57. The molecule has 1 unspecified atom stereocenters. The molecule has 8 nitrogen and oxygen atoms in total. The van der Waals surface area contributed by atoms with Gasteiger partial charge in [-0.3, -0.25) is 9.69 Å². The quantitative estimate of drug-likeness (QED) is 0.626. The van der Waals surface area contributed by atoms with Crippen molar-refractivity contribution in [1.29, 1.82) is 0 Å². The standard InChI is InChI=1S/C25H33N7O/c1-19-7-5-6-15-30(19)18-14-26-25(33)21-12-16-31(17-13-21)23-11-10-22-27-28-24(32(22)29-23)20-8-3-2-4-9-20/h2-4,8-11,19,21H,5-7,12-18H2,1H3,(H,26,33). The van der Waals surface area contributed by atoms with E-state index in [0.717, 1.165) is 68.4 Å². The number of anilines is 1. The summed E-state index contributed by atoms with van der Waals surface area (Å²) in [6, 6.07) is 14.6. The van der Waals surface area contributed by atoms with Crippen LogP contribution < -0.4 is 10.2 Å². The van der Waals surface area contributed by atoms with Crippen LogP contribution in [0.3, 0.4) is 0 Å². The van der Waals surface area contributed by atoms with E-state index in [9.17, 15) is 4.79 Å². The number of hydrogen-bond donors (Lipinski definition) is 1. The fraction of sp³-hybridized carbons (Fsp3) is 0.520. The van der Waals surface area contributed by atoms with Gasteiger partial charge in [0.2, 0.25) is 5.91 Å². The Bertz CT molecular complexity index is 1070. The Hall–Kier alpha value is -3.00. The number of fused-ring (bicyclic) bond motifs is 1. The summed E-state index contributed by atoms with van der Waals surface area (Å²) in [5.41, 5.74) is 1.72. The Morgan fingerprint density at radius 2 is 1.82 bits per heavy atom. The molecule has 0 radical (unpaired) electrons. The minimum atomic E-state index is 0.0820. The molecule has 3 aromatic rings. The Balaban J connectivity index is 1.16. The van der Waals surface area contributed by atoms with Crippen LogP contribution in [-0.4, -0.2) is 69.4 Å². The zero-order valence-corrected chi connectivity index (χ0v) is 19.4. The van der Waals surface area contributed by atoms with Crippen LogP contribution in [-0.2, 0) is 4.79 Å². The number of piperidine rings is 2. The summed E-state index contributed by atoms with van der Waals surface area (Å²) < 4.78 is 1.81. The van der Waals surface area contributed by atoms with Gasteiger partial charge >= 0.3 is 0 Å². The third kappa shape index (κ3) is 4.85. The first-order chi connectivity index (χ1) is 16.2. The van der Waals surface area contributed by atoms with Gasteiger partial charge in [-0.25, -0.2) is 0 Å². The van der Waals surface area contributed by atoms with E-state index in [1.54, 1.807) is 0 Å². The second-order valence-corrected chi connectivity index (χ2v) is 9.28. The molecule has 1 atom stereocenters. The Labute approximate surface area is 195 Å². The van der Waals surface area contributed by atoms with Crippen LogP contribution >= 0.6 is 0 Å². The lowest BCUT2D eigenvalue weighted by molar-refractivity contribution is -0.125. The molecule has 0 aliphatic carbocycles. The topological polar surface area (TPSA) is 78.7 Å². The maximum atomic E-state index is 12.7. The average molecular weight is 448 g/mol. The normalized spacial score (nSPS) is 20.3. The Morgan fingerprint density at radius 3 is 2.61 bits per heavy atom. The number of nitrogens with zero attached hydrogens (tertiary/aromatic N) is 6. The van der Waals surface area contributed by atoms with Crippen LogP contribution in [0.2, 0.25) is 0 Å². The van der Waals surface area contributed by atoms with Crippen LogP contribution in [0.5, 0.6) is 0 Å². The Morgan fingerprint density at radius 1 is 1.00 bits per heavy atom. The number of carbonyl (C=O) groups is 1. The van der Waals surface area contributed by atoms with Gasteiger partial charge in [-0.15, -0.1) is 15.3 Å². The van der Waals surface area contributed by atoms with Crippen molar-refractivity contribution in [1.82, 2.24) is 30.0 Å². The van der Waals surface area contributed by atoms with Crippen molar-refractivity contribution in [3.05, 3.63) is 42.5 Å². The average Bonchev–Trinajstić information content (AvgIpc) is 3.29. The van der Waals surface area contributed by atoms with Gasteiger partial charge in [0.05, 0.1) is 0 Å². The second kappa shape index (κ2) is 9.87. The van der Waals surface area contributed by atoms with Gasteiger partial charge in [0.1, 0.15) is 5.82 Å². The first kappa shape index (κ1) is 21.8. The molecule has 4 heterocycles. The molecule has 5 rings (SSSR count). The molecule has 2 aliphatic heterocycles. The predicted molar refractivity (Wildman–Crippen MR) is 129 cm³/mol. The Kier molecular flexibility index (Phi) is 6.53. The van der Waals surface area contributed by atoms with Crippen LogP contribution in [0.4, 0.5) is 5.82 Å². The summed E-state index contributed by atoms with van der Waals surface area (Å²) >= 11 is 0. The van der Waals surface area contributed by atoms with E-state index >= 15 is 0 Å². The molecule has 0 saturated carbocycles. The summed E-state index contributed by atoms with van der Waals surface area (Å²) in [6.45, 7) is 6.80. The number of likely N-dealkylation sites (tertiary alicyclic amines) is 1. The van der Waals surface area contributed by atoms with Gasteiger partial charge in [-0.05, 0) is 51.3 Å². The highest BCUT2D eigenvalue weighted by atomic mass is 16.1. The SMILES string of the molecule is CC1CCCCN1CCNC(=O)C1CCN(c2ccc3nnc(-c4ccccc4)n3n2)CC1. The van der Waals surface area contributed by atoms with Gasteiger partial charge < -0.3 is 10.2 Å². The van der Waals surface area contributed by atoms with Gasteiger partial charge in [0, 0.05) is 43.7 Å². The highest BCUT2D eigenvalue weighted by Crippen LogP contribution is 2.24. The number of carbonyl (C=O) groups excluding carboxylic acids is 1. The smallest absolute Gasteiger partial charge is 0.223 e. The monoisotopic (exact) mass is 447 g/mol. The van der Waals surface area contributed by atoms with Gasteiger partial charge in [-0.2, -0.15) is 4.52 Å². The zero-order valence-electron chi connectivity index (χ0n) is 19.4. The largest absolute Gasteiger partial charge is 0.355 e. The number of amides is 1. The summed E-state index contributed by atoms with van der Waals surface area (Å²) in [5, 5.41) is 16.6. The molecule has 33 heavy (non-hydrogen) atoms. The lowest BCUT2D eigenvalue weighted by Crippen LogP contribution is -2.45. The lowest BCUT2D eigenvalue weighted by Gasteiger charge is -2.34. The van der Waals surface area contributed by atoms with Crippen molar-refractivity contribution < 1.29 is 4.79 Å². The number of benzene rings is 1. The highest BCUT2D eigenvalue weighted by Gasteiger charge is 2.26. The molecule has 2 saturated heterocycles. The molecular formula is C25H33N7O. The van der Waals surface area contributed by atoms with Crippen molar-refractivity contribution in [2.45, 2.75) is 45.1 Å². The van der Waals surface area contributed by atoms with Crippen LogP contribution in [0.25, 0.3) is 17.0 Å². The zero-order chi connectivity index (χ0) is 22.6. The van der Waals surface area contributed by atoms with E-state index in [1.807, 2.05) is 47.0 Å². The molecule has 2 fully saturated rings. The van der Waals surface area contributed by atoms with Crippen molar-refractivity contribution >= 4 is 17.4 Å². The molecule has 1 N–H and O–H groups in total. The molecule has 1 amide bonds. The van der Waals surface area contributed by atoms with E-state index in [1.165, 1.54) is 19.3 Å². The van der Waals surface area contributed by atoms with Crippen LogP contribution in [0.1, 0.15) is 39.0 Å². The van der Waals surface area contributed by atoms with E-state index in [0.29, 0.717) is 6.04 Å². The first-order valence-corrected chi connectivity index (χ1v) is 12.2. The van der Waals surface area contributed by atoms with E-state index < -0.39 is 0 Å². The fourth-order valence-corrected chi connectivity index (χ4v) is 5.04. The molecule has 2 aromatic heterocycles. The molecule has 0 spiro atoms. The van der Waals surface area contributed by atoms with E-state index in [2.05, 4.69) is 32.2 Å². The van der Waals surface area contributed by atoms with Crippen LogP contribution in [0.15, 0.2) is 42.5 Å². The number of aromatic nitrogens is 4. The predicted octanol–water partition coefficient (Wildman–Crippen LogP) is 3.00. The van der Waals surface area contributed by atoms with E-state index in [4.69, 9.17) is 5.10 Å². The number of hydrogen-bond acceptors (Lipinski definition) is 6. The molecule has 174 valence electrons. The third-order valence-electron chi connectivity index (χ3n) is 7.11. The van der Waals surface area contributed by atoms with Crippen molar-refractivity contribution in [2.75, 3.05) is 37.6 Å².